The lowest BCUT2D eigenvalue weighted by Crippen LogP contribution is -2.42. The van der Waals surface area contributed by atoms with Gasteiger partial charge in [0.05, 0.1) is 20.8 Å². The zero-order valence-electron chi connectivity index (χ0n) is 19.5. The molecule has 1 aromatic carbocycles. The maximum atomic E-state index is 13.4. The van der Waals surface area contributed by atoms with Crippen LogP contribution >= 0.6 is 0 Å². The second kappa shape index (κ2) is 9.96. The summed E-state index contributed by atoms with van der Waals surface area (Å²) in [5, 5.41) is 2.69. The lowest BCUT2D eigenvalue weighted by Gasteiger charge is -2.34. The standard InChI is InChI=1S/C23H30N2O7S/c1-14-8-15(2)13-25(12-14)33(28,29)21-9-17(6-7-20(21)30-4)22(26)24-11-18-10-19(16(3)32-18)23(27)31-5/h6-7,9-10,14-15H,8,11-13H2,1-5H3,(H,24,26). The fourth-order valence-electron chi connectivity index (χ4n) is 4.17. The van der Waals surface area contributed by atoms with Crippen LogP contribution in [0.2, 0.25) is 0 Å². The SMILES string of the molecule is COC(=O)c1cc(CNC(=O)c2ccc(OC)c(S(=O)(=O)N3CC(C)CC(C)C3)c2)oc1C. The Morgan fingerprint density at radius 2 is 1.82 bits per heavy atom. The van der Waals surface area contributed by atoms with E-state index in [0.717, 1.165) is 6.42 Å². The number of amides is 1. The average Bonchev–Trinajstić information content (AvgIpc) is 3.16. The lowest BCUT2D eigenvalue weighted by atomic mass is 9.94. The summed E-state index contributed by atoms with van der Waals surface area (Å²) >= 11 is 0. The molecule has 1 aliphatic heterocycles. The van der Waals surface area contributed by atoms with Gasteiger partial charge in [0, 0.05) is 18.7 Å². The smallest absolute Gasteiger partial charge is 0.341 e. The number of esters is 1. The molecule has 0 radical (unpaired) electrons. The monoisotopic (exact) mass is 478 g/mol. The predicted molar refractivity (Wildman–Crippen MR) is 121 cm³/mol. The first-order valence-corrected chi connectivity index (χ1v) is 12.1. The number of piperidine rings is 1. The number of benzene rings is 1. The number of ether oxygens (including phenoxy) is 2. The van der Waals surface area contributed by atoms with Crippen LogP contribution in [0.25, 0.3) is 0 Å². The van der Waals surface area contributed by atoms with Crippen molar-refractivity contribution >= 4 is 21.9 Å². The van der Waals surface area contributed by atoms with Crippen molar-refractivity contribution in [2.45, 2.75) is 38.6 Å². The van der Waals surface area contributed by atoms with Crippen LogP contribution in [0.4, 0.5) is 0 Å². The van der Waals surface area contributed by atoms with E-state index < -0.39 is 21.9 Å². The third kappa shape index (κ3) is 5.39. The van der Waals surface area contributed by atoms with Crippen LogP contribution in [0.5, 0.6) is 5.75 Å². The van der Waals surface area contributed by atoms with Crippen molar-refractivity contribution in [2.24, 2.45) is 11.8 Å². The van der Waals surface area contributed by atoms with E-state index in [-0.39, 0.29) is 40.2 Å². The fourth-order valence-corrected chi connectivity index (χ4v) is 6.03. The minimum absolute atomic E-state index is 0.0198. The van der Waals surface area contributed by atoms with E-state index >= 15 is 0 Å². The van der Waals surface area contributed by atoms with Crippen LogP contribution in [0.15, 0.2) is 33.6 Å². The number of nitrogens with one attached hydrogen (secondary N) is 1. The molecular formula is C23H30N2O7S. The molecule has 1 aliphatic rings. The fraction of sp³-hybridized carbons (Fsp3) is 0.478. The van der Waals surface area contributed by atoms with Gasteiger partial charge in [-0.2, -0.15) is 4.31 Å². The highest BCUT2D eigenvalue weighted by Gasteiger charge is 2.34. The maximum Gasteiger partial charge on any atom is 0.341 e. The van der Waals surface area contributed by atoms with Crippen LogP contribution in [0.3, 0.4) is 0 Å². The first-order valence-electron chi connectivity index (χ1n) is 10.7. The average molecular weight is 479 g/mol. The van der Waals surface area contributed by atoms with Gasteiger partial charge in [-0.3, -0.25) is 4.79 Å². The van der Waals surface area contributed by atoms with Gasteiger partial charge in [0.2, 0.25) is 10.0 Å². The summed E-state index contributed by atoms with van der Waals surface area (Å²) in [6.07, 6.45) is 0.968. The predicted octanol–water partition coefficient (Wildman–Crippen LogP) is 2.98. The van der Waals surface area contributed by atoms with Gasteiger partial charge < -0.3 is 19.2 Å². The van der Waals surface area contributed by atoms with E-state index in [1.54, 1.807) is 6.92 Å². The van der Waals surface area contributed by atoms with Gasteiger partial charge in [-0.25, -0.2) is 13.2 Å². The molecule has 10 heteroatoms. The summed E-state index contributed by atoms with van der Waals surface area (Å²) in [5.74, 6) is 0.415. The zero-order valence-corrected chi connectivity index (χ0v) is 20.3. The van der Waals surface area contributed by atoms with Gasteiger partial charge in [0.25, 0.3) is 5.91 Å². The molecule has 2 unspecified atom stereocenters. The zero-order chi connectivity index (χ0) is 24.3. The Morgan fingerprint density at radius 1 is 1.15 bits per heavy atom. The molecule has 1 N–H and O–H groups in total. The van der Waals surface area contributed by atoms with E-state index in [2.05, 4.69) is 5.32 Å². The molecule has 0 spiro atoms. The number of aryl methyl sites for hydroxylation is 1. The van der Waals surface area contributed by atoms with Crippen molar-refractivity contribution in [3.05, 3.63) is 46.9 Å². The molecule has 2 aromatic rings. The van der Waals surface area contributed by atoms with Crippen molar-refractivity contribution in [1.82, 2.24) is 9.62 Å². The van der Waals surface area contributed by atoms with Gasteiger partial charge in [-0.05, 0) is 49.4 Å². The highest BCUT2D eigenvalue weighted by Crippen LogP contribution is 2.32. The van der Waals surface area contributed by atoms with E-state index in [1.807, 2.05) is 13.8 Å². The third-order valence-electron chi connectivity index (χ3n) is 5.68. The highest BCUT2D eigenvalue weighted by molar-refractivity contribution is 7.89. The van der Waals surface area contributed by atoms with E-state index in [1.165, 1.54) is 42.8 Å². The minimum Gasteiger partial charge on any atom is -0.495 e. The molecule has 33 heavy (non-hydrogen) atoms. The molecule has 2 heterocycles. The van der Waals surface area contributed by atoms with Crippen LogP contribution < -0.4 is 10.1 Å². The number of hydrogen-bond acceptors (Lipinski definition) is 7. The van der Waals surface area contributed by atoms with Crippen molar-refractivity contribution < 1.29 is 31.9 Å². The third-order valence-corrected chi connectivity index (χ3v) is 7.53. The second-order valence-corrected chi connectivity index (χ2v) is 10.4. The van der Waals surface area contributed by atoms with Crippen LogP contribution in [0.1, 0.15) is 52.5 Å². The van der Waals surface area contributed by atoms with Crippen LogP contribution in [-0.4, -0.2) is 51.9 Å². The molecule has 0 aliphatic carbocycles. The van der Waals surface area contributed by atoms with Crippen molar-refractivity contribution in [2.75, 3.05) is 27.3 Å². The Bertz CT molecular complexity index is 1130. The number of hydrogen-bond donors (Lipinski definition) is 1. The van der Waals surface area contributed by atoms with Gasteiger partial charge in [0.1, 0.15) is 27.7 Å². The molecule has 0 bridgehead atoms. The number of carbonyl (C=O) groups is 2. The van der Waals surface area contributed by atoms with Crippen molar-refractivity contribution in [1.29, 1.82) is 0 Å². The largest absolute Gasteiger partial charge is 0.495 e. The molecule has 0 saturated carbocycles. The molecule has 180 valence electrons. The summed E-state index contributed by atoms with van der Waals surface area (Å²) in [5.41, 5.74) is 0.452. The number of sulfonamides is 1. The lowest BCUT2D eigenvalue weighted by molar-refractivity contribution is 0.0598. The molecular weight excluding hydrogens is 448 g/mol. The highest BCUT2D eigenvalue weighted by atomic mass is 32.2. The van der Waals surface area contributed by atoms with Gasteiger partial charge in [0.15, 0.2) is 0 Å². The minimum atomic E-state index is -3.85. The first-order chi connectivity index (χ1) is 15.6. The number of nitrogens with zero attached hydrogens (tertiary/aromatic N) is 1. The quantitative estimate of drug-likeness (QED) is 0.608. The Balaban J connectivity index is 1.81. The Hall–Kier alpha value is -2.85. The second-order valence-electron chi connectivity index (χ2n) is 8.49. The number of rotatable bonds is 7. The number of furan rings is 1. The summed E-state index contributed by atoms with van der Waals surface area (Å²) in [4.78, 5) is 24.5. The number of carbonyl (C=O) groups excluding carboxylic acids is 2. The van der Waals surface area contributed by atoms with Gasteiger partial charge in [-0.15, -0.1) is 0 Å². The maximum absolute atomic E-state index is 13.4. The van der Waals surface area contributed by atoms with Crippen molar-refractivity contribution in [3.63, 3.8) is 0 Å². The molecule has 1 fully saturated rings. The van der Waals surface area contributed by atoms with E-state index in [9.17, 15) is 18.0 Å². The van der Waals surface area contributed by atoms with Crippen LogP contribution in [-0.2, 0) is 21.3 Å². The van der Waals surface area contributed by atoms with Crippen LogP contribution in [0, 0.1) is 18.8 Å². The van der Waals surface area contributed by atoms with E-state index in [0.29, 0.717) is 24.6 Å². The normalized spacial score (nSPS) is 19.2. The van der Waals surface area contributed by atoms with Crippen molar-refractivity contribution in [3.8, 4) is 5.75 Å². The molecule has 1 saturated heterocycles. The topological polar surface area (TPSA) is 115 Å². The Labute approximate surface area is 194 Å². The first kappa shape index (κ1) is 24.8. The van der Waals surface area contributed by atoms with E-state index in [4.69, 9.17) is 13.9 Å². The molecule has 3 rings (SSSR count). The summed E-state index contributed by atoms with van der Waals surface area (Å²) in [6, 6.07) is 5.82. The van der Waals surface area contributed by atoms with Gasteiger partial charge in [-0.1, -0.05) is 13.8 Å². The van der Waals surface area contributed by atoms with Gasteiger partial charge >= 0.3 is 5.97 Å². The summed E-state index contributed by atoms with van der Waals surface area (Å²) < 4.78 is 43.8. The molecule has 1 amide bonds. The summed E-state index contributed by atoms with van der Waals surface area (Å²) in [6.45, 7) is 6.55. The molecule has 2 atom stereocenters. The number of methoxy groups -OCH3 is 2. The molecule has 1 aromatic heterocycles. The Morgan fingerprint density at radius 3 is 2.42 bits per heavy atom. The Kier molecular flexibility index (Phi) is 7.48. The summed E-state index contributed by atoms with van der Waals surface area (Å²) in [7, 11) is -1.18. The molecule has 9 nitrogen and oxygen atoms in total.